The molecule has 0 unspecified atom stereocenters. The van der Waals surface area contributed by atoms with Gasteiger partial charge >= 0.3 is 0 Å². The van der Waals surface area contributed by atoms with Crippen LogP contribution in [0.25, 0.3) is 0 Å². The van der Waals surface area contributed by atoms with Crippen LogP contribution in [0.4, 0.5) is 11.6 Å². The standard InChI is InChI=1S/C15H18N4O/c1-3-19(4-2)13-7-6-12(14(20)10-13)11-18-15-16-8-5-9-17-15/h5-11,20H,3-4H2,1-2H3/b18-11+. The minimum atomic E-state index is 0.203. The molecule has 0 aliphatic heterocycles. The highest BCUT2D eigenvalue weighted by molar-refractivity contribution is 5.85. The first-order valence-corrected chi connectivity index (χ1v) is 6.63. The van der Waals surface area contributed by atoms with E-state index < -0.39 is 0 Å². The van der Waals surface area contributed by atoms with Crippen LogP contribution in [0.1, 0.15) is 19.4 Å². The first kappa shape index (κ1) is 14.0. The van der Waals surface area contributed by atoms with Crippen molar-refractivity contribution in [3.63, 3.8) is 0 Å². The molecule has 104 valence electrons. The zero-order valence-electron chi connectivity index (χ0n) is 11.7. The van der Waals surface area contributed by atoms with Gasteiger partial charge in [-0.05, 0) is 32.0 Å². The van der Waals surface area contributed by atoms with Gasteiger partial charge in [0.15, 0.2) is 0 Å². The third-order valence-corrected chi connectivity index (χ3v) is 3.01. The maximum Gasteiger partial charge on any atom is 0.249 e. The molecule has 2 rings (SSSR count). The highest BCUT2D eigenvalue weighted by atomic mass is 16.3. The summed E-state index contributed by atoms with van der Waals surface area (Å²) in [6, 6.07) is 7.30. The zero-order chi connectivity index (χ0) is 14.4. The Morgan fingerprint density at radius 2 is 1.90 bits per heavy atom. The summed E-state index contributed by atoms with van der Waals surface area (Å²) in [6.07, 6.45) is 4.82. The summed E-state index contributed by atoms with van der Waals surface area (Å²) in [6.45, 7) is 5.98. The Balaban J connectivity index is 2.20. The predicted molar refractivity (Wildman–Crippen MR) is 81.0 cm³/mol. The van der Waals surface area contributed by atoms with Gasteiger partial charge in [-0.1, -0.05) is 0 Å². The monoisotopic (exact) mass is 270 g/mol. The predicted octanol–water partition coefficient (Wildman–Crippen LogP) is 2.78. The van der Waals surface area contributed by atoms with E-state index >= 15 is 0 Å². The molecule has 5 nitrogen and oxygen atoms in total. The molecule has 0 fully saturated rings. The number of aromatic nitrogens is 2. The molecule has 1 heterocycles. The summed E-state index contributed by atoms with van der Waals surface area (Å²) in [7, 11) is 0. The van der Waals surface area contributed by atoms with E-state index in [1.165, 1.54) is 0 Å². The summed E-state index contributed by atoms with van der Waals surface area (Å²) in [5.74, 6) is 0.578. The van der Waals surface area contributed by atoms with Crippen molar-refractivity contribution in [3.05, 3.63) is 42.2 Å². The van der Waals surface area contributed by atoms with Crippen LogP contribution in [0.2, 0.25) is 0 Å². The quantitative estimate of drug-likeness (QED) is 0.849. The molecule has 1 N–H and O–H groups in total. The van der Waals surface area contributed by atoms with Gasteiger partial charge in [-0.2, -0.15) is 0 Å². The van der Waals surface area contributed by atoms with Crippen LogP contribution in [0.5, 0.6) is 5.75 Å². The number of nitrogens with zero attached hydrogens (tertiary/aromatic N) is 4. The molecule has 1 aromatic carbocycles. The fraction of sp³-hybridized carbons (Fsp3) is 0.267. The number of phenols is 1. The number of aromatic hydroxyl groups is 1. The van der Waals surface area contributed by atoms with E-state index in [4.69, 9.17) is 0 Å². The lowest BCUT2D eigenvalue weighted by Gasteiger charge is -2.21. The summed E-state index contributed by atoms with van der Waals surface area (Å²) in [5, 5.41) is 10.1. The largest absolute Gasteiger partial charge is 0.507 e. The minimum Gasteiger partial charge on any atom is -0.507 e. The van der Waals surface area contributed by atoms with Crippen molar-refractivity contribution in [3.8, 4) is 5.75 Å². The molecule has 0 amide bonds. The average Bonchev–Trinajstić information content (AvgIpc) is 2.49. The molecule has 0 spiro atoms. The second-order valence-electron chi connectivity index (χ2n) is 4.22. The van der Waals surface area contributed by atoms with Crippen LogP contribution in [0.15, 0.2) is 41.7 Å². The number of benzene rings is 1. The Kier molecular flexibility index (Phi) is 4.65. The normalized spacial score (nSPS) is 10.9. The van der Waals surface area contributed by atoms with E-state index in [9.17, 15) is 5.11 Å². The smallest absolute Gasteiger partial charge is 0.249 e. The minimum absolute atomic E-state index is 0.203. The Bertz CT molecular complexity index is 580. The van der Waals surface area contributed by atoms with E-state index in [1.54, 1.807) is 30.7 Å². The number of aliphatic imine (C=N–C) groups is 1. The fourth-order valence-corrected chi connectivity index (χ4v) is 1.91. The van der Waals surface area contributed by atoms with Crippen LogP contribution in [0.3, 0.4) is 0 Å². The molecule has 5 heteroatoms. The van der Waals surface area contributed by atoms with Crippen LogP contribution in [-0.2, 0) is 0 Å². The van der Waals surface area contributed by atoms with Crippen molar-refractivity contribution in [1.29, 1.82) is 0 Å². The van der Waals surface area contributed by atoms with E-state index in [1.807, 2.05) is 12.1 Å². The van der Waals surface area contributed by atoms with Gasteiger partial charge in [0, 0.05) is 49.0 Å². The maximum atomic E-state index is 10.1. The molecule has 0 atom stereocenters. The molecule has 0 saturated heterocycles. The zero-order valence-corrected chi connectivity index (χ0v) is 11.7. The Labute approximate surface area is 118 Å². The highest BCUT2D eigenvalue weighted by Gasteiger charge is 2.05. The number of phenolic OH excluding ortho intramolecular Hbond substituents is 1. The van der Waals surface area contributed by atoms with E-state index in [2.05, 4.69) is 33.7 Å². The van der Waals surface area contributed by atoms with Crippen LogP contribution < -0.4 is 4.90 Å². The van der Waals surface area contributed by atoms with Crippen LogP contribution >= 0.6 is 0 Å². The van der Waals surface area contributed by atoms with Gasteiger partial charge in [0.1, 0.15) is 5.75 Å². The molecule has 0 aliphatic carbocycles. The molecule has 0 aliphatic rings. The van der Waals surface area contributed by atoms with Crippen LogP contribution in [0, 0.1) is 0 Å². The molecule has 0 saturated carbocycles. The van der Waals surface area contributed by atoms with Gasteiger partial charge in [0.05, 0.1) is 0 Å². The third kappa shape index (κ3) is 3.32. The van der Waals surface area contributed by atoms with Crippen molar-refractivity contribution in [2.24, 2.45) is 4.99 Å². The molecule has 1 aromatic heterocycles. The summed E-state index contributed by atoms with van der Waals surface area (Å²) < 4.78 is 0. The second-order valence-corrected chi connectivity index (χ2v) is 4.22. The van der Waals surface area contributed by atoms with Crippen molar-refractivity contribution >= 4 is 17.9 Å². The lowest BCUT2D eigenvalue weighted by Crippen LogP contribution is -2.21. The van der Waals surface area contributed by atoms with Gasteiger partial charge < -0.3 is 10.0 Å². The molecule has 2 aromatic rings. The van der Waals surface area contributed by atoms with Crippen LogP contribution in [-0.4, -0.2) is 34.4 Å². The van der Waals surface area contributed by atoms with Gasteiger partial charge in [-0.25, -0.2) is 15.0 Å². The SMILES string of the molecule is CCN(CC)c1ccc(/C=N/c2ncccn2)c(O)c1. The highest BCUT2D eigenvalue weighted by Crippen LogP contribution is 2.23. The lowest BCUT2D eigenvalue weighted by atomic mass is 10.2. The van der Waals surface area contributed by atoms with Gasteiger partial charge in [0.2, 0.25) is 5.95 Å². The van der Waals surface area contributed by atoms with Crippen molar-refractivity contribution < 1.29 is 5.11 Å². The summed E-state index contributed by atoms with van der Waals surface area (Å²) >= 11 is 0. The number of hydrogen-bond donors (Lipinski definition) is 1. The fourth-order valence-electron chi connectivity index (χ4n) is 1.91. The second kappa shape index (κ2) is 6.65. The van der Waals surface area contributed by atoms with Crippen molar-refractivity contribution in [2.45, 2.75) is 13.8 Å². The van der Waals surface area contributed by atoms with Crippen molar-refractivity contribution in [2.75, 3.05) is 18.0 Å². The molecule has 20 heavy (non-hydrogen) atoms. The first-order chi connectivity index (χ1) is 9.74. The topological polar surface area (TPSA) is 61.6 Å². The summed E-state index contributed by atoms with van der Waals surface area (Å²) in [4.78, 5) is 14.3. The maximum absolute atomic E-state index is 10.1. The van der Waals surface area contributed by atoms with E-state index in [0.717, 1.165) is 18.8 Å². The molecular weight excluding hydrogens is 252 g/mol. The number of hydrogen-bond acceptors (Lipinski definition) is 5. The number of rotatable bonds is 5. The molecule has 0 radical (unpaired) electrons. The van der Waals surface area contributed by atoms with E-state index in [0.29, 0.717) is 11.5 Å². The van der Waals surface area contributed by atoms with Gasteiger partial charge in [0.25, 0.3) is 0 Å². The Hall–Kier alpha value is -2.43. The lowest BCUT2D eigenvalue weighted by molar-refractivity contribution is 0.474. The molecular formula is C15H18N4O. The van der Waals surface area contributed by atoms with E-state index in [-0.39, 0.29) is 5.75 Å². The first-order valence-electron chi connectivity index (χ1n) is 6.63. The Morgan fingerprint density at radius 3 is 2.50 bits per heavy atom. The van der Waals surface area contributed by atoms with Gasteiger partial charge in [-0.15, -0.1) is 0 Å². The average molecular weight is 270 g/mol. The van der Waals surface area contributed by atoms with Gasteiger partial charge in [-0.3, -0.25) is 0 Å². The molecule has 0 bridgehead atoms. The third-order valence-electron chi connectivity index (χ3n) is 3.01. The number of anilines is 1. The van der Waals surface area contributed by atoms with Crippen molar-refractivity contribution in [1.82, 2.24) is 9.97 Å². The summed E-state index contributed by atoms with van der Waals surface area (Å²) in [5.41, 5.74) is 1.65. The Morgan fingerprint density at radius 1 is 1.20 bits per heavy atom.